The van der Waals surface area contributed by atoms with E-state index >= 15 is 0 Å². The van der Waals surface area contributed by atoms with Gasteiger partial charge in [-0.3, -0.25) is 0 Å². The van der Waals surface area contributed by atoms with Crippen molar-refractivity contribution in [2.45, 2.75) is 30.5 Å². The van der Waals surface area contributed by atoms with Crippen LogP contribution in [-0.4, -0.2) is 42.3 Å². The van der Waals surface area contributed by atoms with Crippen molar-refractivity contribution < 1.29 is 0 Å². The van der Waals surface area contributed by atoms with E-state index in [-0.39, 0.29) is 0 Å². The fraction of sp³-hybridized carbons (Fsp3) is 0.615. The molecular weight excluding hydrogens is 230 g/mol. The Morgan fingerprint density at radius 1 is 1.41 bits per heavy atom. The van der Waals surface area contributed by atoms with Gasteiger partial charge in [-0.25, -0.2) is 4.98 Å². The van der Waals surface area contributed by atoms with Crippen LogP contribution >= 0.6 is 11.8 Å². The molecule has 1 heterocycles. The Labute approximate surface area is 108 Å². The average Bonchev–Trinajstić information content (AvgIpc) is 3.11. The summed E-state index contributed by atoms with van der Waals surface area (Å²) in [7, 11) is 4.20. The summed E-state index contributed by atoms with van der Waals surface area (Å²) in [5, 5.41) is 4.62. The van der Waals surface area contributed by atoms with Crippen molar-refractivity contribution in [3.05, 3.63) is 23.9 Å². The molecule has 1 saturated carbocycles. The largest absolute Gasteiger partial charge is 0.310 e. The van der Waals surface area contributed by atoms with Crippen molar-refractivity contribution in [3.63, 3.8) is 0 Å². The van der Waals surface area contributed by atoms with Gasteiger partial charge in [0.1, 0.15) is 0 Å². The molecule has 0 aromatic carbocycles. The fourth-order valence-corrected chi connectivity index (χ4v) is 2.44. The van der Waals surface area contributed by atoms with Crippen LogP contribution in [0.4, 0.5) is 0 Å². The third kappa shape index (κ3) is 5.06. The maximum Gasteiger partial charge on any atom is 0.0960 e. The van der Waals surface area contributed by atoms with Gasteiger partial charge in [0, 0.05) is 31.1 Å². The van der Waals surface area contributed by atoms with Gasteiger partial charge >= 0.3 is 0 Å². The lowest BCUT2D eigenvalue weighted by Gasteiger charge is -2.08. The molecule has 1 N–H and O–H groups in total. The van der Waals surface area contributed by atoms with Crippen molar-refractivity contribution >= 4 is 11.8 Å². The highest BCUT2D eigenvalue weighted by molar-refractivity contribution is 7.99. The van der Waals surface area contributed by atoms with E-state index in [0.717, 1.165) is 29.9 Å². The molecule has 1 aromatic rings. The highest BCUT2D eigenvalue weighted by atomic mass is 32.2. The first-order valence-electron chi connectivity index (χ1n) is 6.20. The average molecular weight is 251 g/mol. The molecule has 0 amide bonds. The third-order valence-electron chi connectivity index (χ3n) is 2.76. The van der Waals surface area contributed by atoms with Gasteiger partial charge < -0.3 is 10.2 Å². The maximum absolute atomic E-state index is 4.48. The topological polar surface area (TPSA) is 28.2 Å². The fourth-order valence-electron chi connectivity index (χ4n) is 1.48. The first-order valence-corrected chi connectivity index (χ1v) is 7.18. The molecule has 0 aliphatic heterocycles. The second kappa shape index (κ2) is 6.38. The van der Waals surface area contributed by atoms with E-state index in [0.29, 0.717) is 0 Å². The van der Waals surface area contributed by atoms with Crippen LogP contribution in [0, 0.1) is 0 Å². The number of hydrogen-bond donors (Lipinski definition) is 1. The number of hydrogen-bond acceptors (Lipinski definition) is 4. The van der Waals surface area contributed by atoms with Crippen LogP contribution in [0.25, 0.3) is 0 Å². The summed E-state index contributed by atoms with van der Waals surface area (Å²) in [6.45, 7) is 2.05. The molecule has 2 rings (SSSR count). The Morgan fingerprint density at radius 3 is 2.82 bits per heavy atom. The van der Waals surface area contributed by atoms with E-state index in [1.807, 2.05) is 18.0 Å². The Balaban J connectivity index is 1.72. The molecule has 3 nitrogen and oxygen atoms in total. The summed E-state index contributed by atoms with van der Waals surface area (Å²) < 4.78 is 0. The van der Waals surface area contributed by atoms with Crippen molar-refractivity contribution in [2.75, 3.05) is 26.4 Å². The lowest BCUT2D eigenvalue weighted by molar-refractivity contribution is 0.437. The molecule has 0 radical (unpaired) electrons. The molecule has 94 valence electrons. The maximum atomic E-state index is 4.48. The molecule has 1 aliphatic rings. The summed E-state index contributed by atoms with van der Waals surface area (Å²) in [6, 6.07) is 5.08. The second-order valence-electron chi connectivity index (χ2n) is 4.81. The van der Waals surface area contributed by atoms with Gasteiger partial charge in [0.25, 0.3) is 0 Å². The van der Waals surface area contributed by atoms with Crippen LogP contribution in [0.3, 0.4) is 0 Å². The zero-order chi connectivity index (χ0) is 12.1. The predicted molar refractivity (Wildman–Crippen MR) is 73.4 cm³/mol. The Kier molecular flexibility index (Phi) is 4.83. The lowest BCUT2D eigenvalue weighted by atomic mass is 10.3. The molecule has 17 heavy (non-hydrogen) atoms. The van der Waals surface area contributed by atoms with Gasteiger partial charge in [-0.15, -0.1) is 11.8 Å². The second-order valence-corrected chi connectivity index (χ2v) is 5.93. The van der Waals surface area contributed by atoms with Crippen molar-refractivity contribution in [2.24, 2.45) is 0 Å². The van der Waals surface area contributed by atoms with Crippen LogP contribution in [0.2, 0.25) is 0 Å². The highest BCUT2D eigenvalue weighted by Crippen LogP contribution is 2.19. The number of aromatic nitrogens is 1. The molecule has 0 unspecified atom stereocenters. The Morgan fingerprint density at radius 2 is 2.24 bits per heavy atom. The molecule has 1 aromatic heterocycles. The molecule has 0 saturated heterocycles. The zero-order valence-electron chi connectivity index (χ0n) is 10.6. The van der Waals surface area contributed by atoms with E-state index < -0.39 is 0 Å². The Hall–Kier alpha value is -0.580. The van der Waals surface area contributed by atoms with E-state index in [1.54, 1.807) is 0 Å². The molecular formula is C13H21N3S. The van der Waals surface area contributed by atoms with Gasteiger partial charge in [0.15, 0.2) is 0 Å². The smallest absolute Gasteiger partial charge is 0.0960 e. The van der Waals surface area contributed by atoms with Gasteiger partial charge in [0.2, 0.25) is 0 Å². The summed E-state index contributed by atoms with van der Waals surface area (Å²) in [4.78, 5) is 6.67. The summed E-state index contributed by atoms with van der Waals surface area (Å²) >= 11 is 1.82. The molecule has 1 fully saturated rings. The third-order valence-corrected chi connectivity index (χ3v) is 3.68. The first kappa shape index (κ1) is 12.9. The molecule has 4 heteroatoms. The minimum absolute atomic E-state index is 0.768. The van der Waals surface area contributed by atoms with Gasteiger partial charge in [-0.05, 0) is 38.6 Å². The van der Waals surface area contributed by atoms with Crippen LogP contribution in [0.15, 0.2) is 23.4 Å². The first-order chi connectivity index (χ1) is 8.24. The van der Waals surface area contributed by atoms with Crippen LogP contribution in [0.1, 0.15) is 18.4 Å². The predicted octanol–water partition coefficient (Wildman–Crippen LogP) is 1.99. The minimum Gasteiger partial charge on any atom is -0.310 e. The normalized spacial score (nSPS) is 15.5. The van der Waals surface area contributed by atoms with Crippen molar-refractivity contribution in [3.8, 4) is 0 Å². The number of nitrogens with one attached hydrogen (secondary N) is 1. The molecule has 1 aliphatic carbocycles. The van der Waals surface area contributed by atoms with Crippen LogP contribution < -0.4 is 5.32 Å². The monoisotopic (exact) mass is 251 g/mol. The van der Waals surface area contributed by atoms with Gasteiger partial charge in [-0.2, -0.15) is 0 Å². The number of thioether (sulfide) groups is 1. The zero-order valence-corrected chi connectivity index (χ0v) is 11.5. The quantitative estimate of drug-likeness (QED) is 0.750. The molecule has 0 bridgehead atoms. The molecule has 0 spiro atoms. The minimum atomic E-state index is 0.768. The van der Waals surface area contributed by atoms with Crippen LogP contribution in [0.5, 0.6) is 0 Å². The Bertz CT molecular complexity index is 333. The SMILES string of the molecule is CN(C)CCSc1ccc(CNC2CC2)cn1. The summed E-state index contributed by atoms with van der Waals surface area (Å²) in [6.07, 6.45) is 4.67. The summed E-state index contributed by atoms with van der Waals surface area (Å²) in [5.41, 5.74) is 1.29. The lowest BCUT2D eigenvalue weighted by Crippen LogP contribution is -2.15. The summed E-state index contributed by atoms with van der Waals surface area (Å²) in [5.74, 6) is 1.10. The number of rotatable bonds is 7. The van der Waals surface area contributed by atoms with E-state index in [9.17, 15) is 0 Å². The van der Waals surface area contributed by atoms with Gasteiger partial charge in [-0.1, -0.05) is 6.07 Å². The van der Waals surface area contributed by atoms with E-state index in [1.165, 1.54) is 18.4 Å². The molecule has 0 atom stereocenters. The van der Waals surface area contributed by atoms with Crippen LogP contribution in [-0.2, 0) is 6.54 Å². The van der Waals surface area contributed by atoms with Crippen molar-refractivity contribution in [1.29, 1.82) is 0 Å². The highest BCUT2D eigenvalue weighted by Gasteiger charge is 2.19. The van der Waals surface area contributed by atoms with E-state index in [4.69, 9.17) is 0 Å². The number of nitrogens with zero attached hydrogens (tertiary/aromatic N) is 2. The van der Waals surface area contributed by atoms with Crippen molar-refractivity contribution in [1.82, 2.24) is 15.2 Å². The number of pyridine rings is 1. The van der Waals surface area contributed by atoms with E-state index in [2.05, 4.69) is 41.4 Å². The standard InChI is InChI=1S/C13H21N3S/c1-16(2)7-8-17-13-6-3-11(10-15-13)9-14-12-4-5-12/h3,6,10,12,14H,4-5,7-9H2,1-2H3. The van der Waals surface area contributed by atoms with Gasteiger partial charge in [0.05, 0.1) is 5.03 Å².